The zero-order chi connectivity index (χ0) is 17.9. The van der Waals surface area contributed by atoms with Crippen molar-refractivity contribution in [2.75, 3.05) is 6.54 Å². The Hall–Kier alpha value is -1.96. The zero-order valence-electron chi connectivity index (χ0n) is 13.4. The number of halogens is 1. The number of nitrogens with zero attached hydrogens (tertiary/aromatic N) is 2. The van der Waals surface area contributed by atoms with Crippen molar-refractivity contribution < 1.29 is 13.2 Å². The number of nitrogens with one attached hydrogen (secondary N) is 1. The van der Waals surface area contributed by atoms with E-state index < -0.39 is 16.1 Å². The third-order valence-electron chi connectivity index (χ3n) is 4.14. The van der Waals surface area contributed by atoms with Crippen molar-refractivity contribution in [2.45, 2.75) is 30.3 Å². The third kappa shape index (κ3) is 4.00. The van der Waals surface area contributed by atoms with Gasteiger partial charge in [-0.2, -0.15) is 4.31 Å². The van der Waals surface area contributed by atoms with Gasteiger partial charge >= 0.3 is 0 Å². The second-order valence-corrected chi connectivity index (χ2v) is 8.13. The SMILES string of the molecule is O=C(NCc1ccncc1)[C@H]1CCCN1S(=O)(=O)c1ccc(Cl)cc1. The van der Waals surface area contributed by atoms with Gasteiger partial charge in [0.2, 0.25) is 15.9 Å². The molecule has 1 aliphatic rings. The van der Waals surface area contributed by atoms with Crippen LogP contribution in [0.15, 0.2) is 53.7 Å². The summed E-state index contributed by atoms with van der Waals surface area (Å²) in [6.07, 6.45) is 4.46. The van der Waals surface area contributed by atoms with Gasteiger partial charge in [0.15, 0.2) is 0 Å². The number of hydrogen-bond acceptors (Lipinski definition) is 4. The number of sulfonamides is 1. The first-order valence-electron chi connectivity index (χ1n) is 7.92. The van der Waals surface area contributed by atoms with Crippen LogP contribution in [0.25, 0.3) is 0 Å². The van der Waals surface area contributed by atoms with Crippen LogP contribution in [0.1, 0.15) is 18.4 Å². The summed E-state index contributed by atoms with van der Waals surface area (Å²) in [6, 6.07) is 8.90. The molecule has 0 aliphatic carbocycles. The Morgan fingerprint density at radius 2 is 1.88 bits per heavy atom. The molecule has 3 rings (SSSR count). The van der Waals surface area contributed by atoms with Gasteiger partial charge in [0.25, 0.3) is 0 Å². The lowest BCUT2D eigenvalue weighted by Crippen LogP contribution is -2.45. The van der Waals surface area contributed by atoms with E-state index in [0.29, 0.717) is 31.0 Å². The first kappa shape index (κ1) is 17.8. The van der Waals surface area contributed by atoms with Crippen molar-refractivity contribution in [1.29, 1.82) is 0 Å². The number of hydrogen-bond donors (Lipinski definition) is 1. The lowest BCUT2D eigenvalue weighted by Gasteiger charge is -2.23. The van der Waals surface area contributed by atoms with Crippen LogP contribution in [0.4, 0.5) is 0 Å². The fourth-order valence-electron chi connectivity index (χ4n) is 2.84. The van der Waals surface area contributed by atoms with Gasteiger partial charge in [0.1, 0.15) is 6.04 Å². The van der Waals surface area contributed by atoms with Crippen LogP contribution in [0.2, 0.25) is 5.02 Å². The molecule has 0 radical (unpaired) electrons. The lowest BCUT2D eigenvalue weighted by molar-refractivity contribution is -0.124. The van der Waals surface area contributed by atoms with Gasteiger partial charge in [-0.15, -0.1) is 0 Å². The first-order valence-corrected chi connectivity index (χ1v) is 9.74. The molecule has 2 aromatic rings. The van der Waals surface area contributed by atoms with E-state index in [1.54, 1.807) is 24.5 Å². The molecule has 2 heterocycles. The largest absolute Gasteiger partial charge is 0.351 e. The van der Waals surface area contributed by atoms with Crippen LogP contribution in [0, 0.1) is 0 Å². The molecule has 1 atom stereocenters. The molecule has 1 fully saturated rings. The average molecular weight is 380 g/mol. The second-order valence-electron chi connectivity index (χ2n) is 5.80. The van der Waals surface area contributed by atoms with Crippen LogP contribution in [-0.2, 0) is 21.4 Å². The summed E-state index contributed by atoms with van der Waals surface area (Å²) in [6.45, 7) is 0.672. The smallest absolute Gasteiger partial charge is 0.243 e. The summed E-state index contributed by atoms with van der Waals surface area (Å²) >= 11 is 5.82. The molecule has 0 spiro atoms. The third-order valence-corrected chi connectivity index (χ3v) is 6.32. The van der Waals surface area contributed by atoms with E-state index in [1.165, 1.54) is 28.6 Å². The Morgan fingerprint density at radius 1 is 1.20 bits per heavy atom. The zero-order valence-corrected chi connectivity index (χ0v) is 15.0. The van der Waals surface area contributed by atoms with Gasteiger partial charge < -0.3 is 5.32 Å². The second kappa shape index (κ2) is 7.51. The molecule has 1 N–H and O–H groups in total. The maximum atomic E-state index is 12.8. The van der Waals surface area contributed by atoms with Crippen molar-refractivity contribution in [3.05, 3.63) is 59.4 Å². The molecule has 25 heavy (non-hydrogen) atoms. The summed E-state index contributed by atoms with van der Waals surface area (Å²) in [5.74, 6) is -0.285. The molecule has 132 valence electrons. The van der Waals surface area contributed by atoms with Gasteiger partial charge in [0, 0.05) is 30.5 Å². The number of carbonyl (C=O) groups excluding carboxylic acids is 1. The predicted octanol–water partition coefficient (Wildman–Crippen LogP) is 2.20. The first-order chi connectivity index (χ1) is 12.0. The van der Waals surface area contributed by atoms with E-state index in [2.05, 4.69) is 10.3 Å². The fraction of sp³-hybridized carbons (Fsp3) is 0.294. The molecule has 6 nitrogen and oxygen atoms in total. The van der Waals surface area contributed by atoms with Crippen LogP contribution >= 0.6 is 11.6 Å². The van der Waals surface area contributed by atoms with Crippen molar-refractivity contribution in [1.82, 2.24) is 14.6 Å². The number of pyridine rings is 1. The van der Waals surface area contributed by atoms with E-state index in [-0.39, 0.29) is 10.8 Å². The van der Waals surface area contributed by atoms with Gasteiger partial charge in [-0.3, -0.25) is 9.78 Å². The normalized spacial score (nSPS) is 18.2. The van der Waals surface area contributed by atoms with Crippen LogP contribution in [0.5, 0.6) is 0 Å². The van der Waals surface area contributed by atoms with E-state index >= 15 is 0 Å². The molecular weight excluding hydrogens is 362 g/mol. The topological polar surface area (TPSA) is 79.4 Å². The van der Waals surface area contributed by atoms with E-state index in [0.717, 1.165) is 5.56 Å². The Kier molecular flexibility index (Phi) is 5.36. The van der Waals surface area contributed by atoms with Gasteiger partial charge in [-0.1, -0.05) is 11.6 Å². The Morgan fingerprint density at radius 3 is 2.56 bits per heavy atom. The average Bonchev–Trinajstić information content (AvgIpc) is 3.12. The Labute approximate surface area is 151 Å². The summed E-state index contributed by atoms with van der Waals surface area (Å²) in [7, 11) is -3.73. The molecule has 0 bridgehead atoms. The van der Waals surface area contributed by atoms with Gasteiger partial charge in [-0.25, -0.2) is 8.42 Å². The molecule has 1 aromatic heterocycles. The molecule has 0 unspecified atom stereocenters. The van der Waals surface area contributed by atoms with E-state index in [4.69, 9.17) is 11.6 Å². The van der Waals surface area contributed by atoms with Crippen molar-refractivity contribution >= 4 is 27.5 Å². The molecule has 1 saturated heterocycles. The van der Waals surface area contributed by atoms with Crippen LogP contribution < -0.4 is 5.32 Å². The number of amides is 1. The maximum absolute atomic E-state index is 12.8. The Bertz CT molecular complexity index is 841. The monoisotopic (exact) mass is 379 g/mol. The molecule has 1 amide bonds. The quantitative estimate of drug-likeness (QED) is 0.863. The highest BCUT2D eigenvalue weighted by Gasteiger charge is 2.39. The molecule has 1 aliphatic heterocycles. The Balaban J connectivity index is 1.73. The highest BCUT2D eigenvalue weighted by Crippen LogP contribution is 2.27. The van der Waals surface area contributed by atoms with Crippen molar-refractivity contribution in [2.24, 2.45) is 0 Å². The summed E-state index contributed by atoms with van der Waals surface area (Å²) < 4.78 is 26.9. The standard InChI is InChI=1S/C17H18ClN3O3S/c18-14-3-5-15(6-4-14)25(23,24)21-11-1-2-16(21)17(22)20-12-13-7-9-19-10-8-13/h3-10,16H,1-2,11-12H2,(H,20,22)/t16-/m1/s1. The number of aromatic nitrogens is 1. The fourth-order valence-corrected chi connectivity index (χ4v) is 4.62. The highest BCUT2D eigenvalue weighted by atomic mass is 35.5. The van der Waals surface area contributed by atoms with Gasteiger partial charge in [0.05, 0.1) is 4.90 Å². The van der Waals surface area contributed by atoms with E-state index in [9.17, 15) is 13.2 Å². The number of benzene rings is 1. The molecule has 1 aromatic carbocycles. The highest BCUT2D eigenvalue weighted by molar-refractivity contribution is 7.89. The summed E-state index contributed by atoms with van der Waals surface area (Å²) in [4.78, 5) is 16.6. The van der Waals surface area contributed by atoms with Gasteiger partial charge in [-0.05, 0) is 54.8 Å². The lowest BCUT2D eigenvalue weighted by atomic mass is 10.2. The van der Waals surface area contributed by atoms with Crippen molar-refractivity contribution in [3.63, 3.8) is 0 Å². The van der Waals surface area contributed by atoms with Crippen LogP contribution in [-0.4, -0.2) is 36.2 Å². The van der Waals surface area contributed by atoms with Crippen LogP contribution in [0.3, 0.4) is 0 Å². The van der Waals surface area contributed by atoms with Crippen molar-refractivity contribution in [3.8, 4) is 0 Å². The molecular formula is C17H18ClN3O3S. The number of rotatable bonds is 5. The summed E-state index contributed by atoms with van der Waals surface area (Å²) in [5.41, 5.74) is 0.911. The minimum atomic E-state index is -3.73. The molecule has 8 heteroatoms. The minimum absolute atomic E-state index is 0.144. The molecule has 0 saturated carbocycles. The predicted molar refractivity (Wildman–Crippen MR) is 94.4 cm³/mol. The minimum Gasteiger partial charge on any atom is -0.351 e. The van der Waals surface area contributed by atoms with E-state index in [1.807, 2.05) is 0 Å². The maximum Gasteiger partial charge on any atom is 0.243 e. The summed E-state index contributed by atoms with van der Waals surface area (Å²) in [5, 5.41) is 3.27. The number of carbonyl (C=O) groups is 1.